The fourth-order valence-electron chi connectivity index (χ4n) is 2.64. The molecule has 0 saturated carbocycles. The maximum absolute atomic E-state index is 12.4. The maximum Gasteiger partial charge on any atom is 0.271 e. The second-order valence-electron chi connectivity index (χ2n) is 6.37. The Morgan fingerprint density at radius 1 is 1.00 bits per heavy atom. The lowest BCUT2D eigenvalue weighted by Gasteiger charge is -2.08. The highest BCUT2D eigenvalue weighted by Gasteiger charge is 2.10. The summed E-state index contributed by atoms with van der Waals surface area (Å²) in [4.78, 5) is 24.6. The zero-order valence-electron chi connectivity index (χ0n) is 15.8. The predicted molar refractivity (Wildman–Crippen MR) is 134 cm³/mol. The first-order chi connectivity index (χ1) is 14.3. The van der Waals surface area contributed by atoms with Crippen LogP contribution < -0.4 is 10.7 Å². The van der Waals surface area contributed by atoms with Gasteiger partial charge in [0.15, 0.2) is 0 Å². The SMILES string of the molecule is Cc1ccccc1C(=O)Nc1ccc(C(=O)NN=Cc2cc(I)cc(I)c2O)cc1. The van der Waals surface area contributed by atoms with Crippen molar-refractivity contribution in [1.29, 1.82) is 0 Å². The normalized spacial score (nSPS) is 10.8. The molecule has 3 aromatic rings. The molecule has 3 rings (SSSR count). The molecule has 0 atom stereocenters. The number of nitrogens with zero attached hydrogens (tertiary/aromatic N) is 1. The molecular weight excluding hydrogens is 608 g/mol. The third-order valence-electron chi connectivity index (χ3n) is 4.22. The Kier molecular flexibility index (Phi) is 7.43. The van der Waals surface area contributed by atoms with Gasteiger partial charge in [0.2, 0.25) is 0 Å². The first-order valence-corrected chi connectivity index (χ1v) is 11.0. The number of nitrogens with one attached hydrogen (secondary N) is 2. The van der Waals surface area contributed by atoms with Crippen molar-refractivity contribution in [2.75, 3.05) is 5.32 Å². The van der Waals surface area contributed by atoms with Crippen molar-refractivity contribution in [1.82, 2.24) is 5.43 Å². The monoisotopic (exact) mass is 625 g/mol. The average Bonchev–Trinajstić information content (AvgIpc) is 2.72. The minimum absolute atomic E-state index is 0.114. The van der Waals surface area contributed by atoms with Crippen molar-refractivity contribution < 1.29 is 14.7 Å². The molecule has 3 N–H and O–H groups in total. The van der Waals surface area contributed by atoms with E-state index in [9.17, 15) is 14.7 Å². The molecule has 8 heteroatoms. The smallest absolute Gasteiger partial charge is 0.271 e. The lowest BCUT2D eigenvalue weighted by Crippen LogP contribution is -2.18. The summed E-state index contributed by atoms with van der Waals surface area (Å²) in [6.45, 7) is 1.87. The zero-order valence-corrected chi connectivity index (χ0v) is 20.1. The average molecular weight is 625 g/mol. The summed E-state index contributed by atoms with van der Waals surface area (Å²) in [6, 6.07) is 17.4. The number of carbonyl (C=O) groups excluding carboxylic acids is 2. The molecule has 0 aliphatic rings. The molecule has 0 heterocycles. The molecule has 0 spiro atoms. The summed E-state index contributed by atoms with van der Waals surface area (Å²) >= 11 is 4.18. The Morgan fingerprint density at radius 2 is 1.70 bits per heavy atom. The first-order valence-electron chi connectivity index (χ1n) is 8.83. The van der Waals surface area contributed by atoms with Crippen LogP contribution in [0.1, 0.15) is 31.8 Å². The summed E-state index contributed by atoms with van der Waals surface area (Å²) in [5, 5.41) is 16.8. The number of halogens is 2. The van der Waals surface area contributed by atoms with E-state index >= 15 is 0 Å². The number of aryl methyl sites for hydroxylation is 1. The van der Waals surface area contributed by atoms with Crippen LogP contribution in [0.3, 0.4) is 0 Å². The molecule has 6 nitrogen and oxygen atoms in total. The first kappa shape index (κ1) is 22.2. The molecule has 0 fully saturated rings. The minimum atomic E-state index is -0.400. The Labute approximate surface area is 201 Å². The van der Waals surface area contributed by atoms with Gasteiger partial charge in [0.25, 0.3) is 11.8 Å². The third kappa shape index (κ3) is 5.57. The van der Waals surface area contributed by atoms with Crippen LogP contribution in [0.25, 0.3) is 0 Å². The van der Waals surface area contributed by atoms with Crippen molar-refractivity contribution >= 4 is 68.9 Å². The molecule has 0 saturated heterocycles. The fourth-order valence-corrected chi connectivity index (χ4v) is 4.53. The number of carbonyl (C=O) groups is 2. The number of benzene rings is 3. The molecular formula is C22H17I2N3O3. The molecule has 0 bridgehead atoms. The predicted octanol–water partition coefficient (Wildman–Crippen LogP) is 4.93. The highest BCUT2D eigenvalue weighted by atomic mass is 127. The summed E-state index contributed by atoms with van der Waals surface area (Å²) in [5.74, 6) is -0.493. The van der Waals surface area contributed by atoms with E-state index in [1.807, 2.05) is 53.8 Å². The maximum atomic E-state index is 12.4. The Bertz CT molecular complexity index is 1130. The van der Waals surface area contributed by atoms with Crippen LogP contribution in [-0.2, 0) is 0 Å². The largest absolute Gasteiger partial charge is 0.506 e. The summed E-state index contributed by atoms with van der Waals surface area (Å²) in [7, 11) is 0. The summed E-state index contributed by atoms with van der Waals surface area (Å²) < 4.78 is 1.65. The highest BCUT2D eigenvalue weighted by Crippen LogP contribution is 2.25. The van der Waals surface area contributed by atoms with Crippen molar-refractivity contribution in [3.8, 4) is 5.75 Å². The Balaban J connectivity index is 1.63. The second-order valence-corrected chi connectivity index (χ2v) is 8.78. The van der Waals surface area contributed by atoms with Crippen LogP contribution in [0, 0.1) is 14.1 Å². The van der Waals surface area contributed by atoms with Gasteiger partial charge in [-0.1, -0.05) is 18.2 Å². The molecule has 2 amide bonds. The number of anilines is 1. The van der Waals surface area contributed by atoms with E-state index in [1.54, 1.807) is 36.4 Å². The van der Waals surface area contributed by atoms with E-state index < -0.39 is 5.91 Å². The summed E-state index contributed by atoms with van der Waals surface area (Å²) in [6.07, 6.45) is 1.40. The van der Waals surface area contributed by atoms with Crippen LogP contribution in [0.2, 0.25) is 0 Å². The number of amides is 2. The van der Waals surface area contributed by atoms with E-state index in [2.05, 4.69) is 38.4 Å². The van der Waals surface area contributed by atoms with E-state index in [0.29, 0.717) is 25.9 Å². The van der Waals surface area contributed by atoms with Crippen LogP contribution in [-0.4, -0.2) is 23.1 Å². The molecule has 0 radical (unpaired) electrons. The van der Waals surface area contributed by atoms with Gasteiger partial charge in [0, 0.05) is 25.9 Å². The number of hydrazone groups is 1. The van der Waals surface area contributed by atoms with E-state index in [0.717, 1.165) is 9.13 Å². The van der Waals surface area contributed by atoms with Crippen LogP contribution in [0.15, 0.2) is 65.8 Å². The van der Waals surface area contributed by atoms with Crippen molar-refractivity contribution in [2.24, 2.45) is 5.10 Å². The van der Waals surface area contributed by atoms with Crippen molar-refractivity contribution in [3.63, 3.8) is 0 Å². The standard InChI is InChI=1S/C22H17I2N3O3/c1-13-4-2-3-5-18(13)22(30)26-17-8-6-14(7-9-17)21(29)27-25-12-15-10-16(23)11-19(24)20(15)28/h2-12,28H,1H3,(H,26,30)(H,27,29). The Hall–Kier alpha value is -2.47. The van der Waals surface area contributed by atoms with Crippen LogP contribution >= 0.6 is 45.2 Å². The molecule has 152 valence electrons. The van der Waals surface area contributed by atoms with Gasteiger partial charge in [0.05, 0.1) is 9.78 Å². The van der Waals surface area contributed by atoms with Gasteiger partial charge < -0.3 is 10.4 Å². The van der Waals surface area contributed by atoms with E-state index in [1.165, 1.54) is 6.21 Å². The number of rotatable bonds is 5. The van der Waals surface area contributed by atoms with Gasteiger partial charge >= 0.3 is 0 Å². The molecule has 30 heavy (non-hydrogen) atoms. The number of hydrogen-bond acceptors (Lipinski definition) is 4. The number of aromatic hydroxyl groups is 1. The molecule has 0 aliphatic heterocycles. The molecule has 0 unspecified atom stereocenters. The van der Waals surface area contributed by atoms with Crippen molar-refractivity contribution in [3.05, 3.63) is 90.1 Å². The highest BCUT2D eigenvalue weighted by molar-refractivity contribution is 14.1. The minimum Gasteiger partial charge on any atom is -0.506 e. The van der Waals surface area contributed by atoms with E-state index in [-0.39, 0.29) is 11.7 Å². The van der Waals surface area contributed by atoms with Gasteiger partial charge in [-0.25, -0.2) is 5.43 Å². The molecule has 0 aromatic heterocycles. The Morgan fingerprint density at radius 3 is 2.40 bits per heavy atom. The van der Waals surface area contributed by atoms with Gasteiger partial charge in [-0.05, 0) is 100 Å². The van der Waals surface area contributed by atoms with Gasteiger partial charge in [-0.15, -0.1) is 0 Å². The molecule has 0 aliphatic carbocycles. The second kappa shape index (κ2) is 10.0. The molecule has 3 aromatic carbocycles. The van der Waals surface area contributed by atoms with Gasteiger partial charge in [0.1, 0.15) is 5.75 Å². The lowest BCUT2D eigenvalue weighted by atomic mass is 10.1. The number of hydrogen-bond donors (Lipinski definition) is 3. The fraction of sp³-hybridized carbons (Fsp3) is 0.0455. The quantitative estimate of drug-likeness (QED) is 0.214. The van der Waals surface area contributed by atoms with Crippen LogP contribution in [0.4, 0.5) is 5.69 Å². The number of phenols is 1. The number of phenolic OH excluding ortho intramolecular Hbond substituents is 1. The zero-order chi connectivity index (χ0) is 21.7. The van der Waals surface area contributed by atoms with E-state index in [4.69, 9.17) is 0 Å². The van der Waals surface area contributed by atoms with Crippen molar-refractivity contribution in [2.45, 2.75) is 6.92 Å². The third-order valence-corrected chi connectivity index (χ3v) is 5.67. The topological polar surface area (TPSA) is 90.8 Å². The van der Waals surface area contributed by atoms with Gasteiger partial charge in [-0.3, -0.25) is 9.59 Å². The van der Waals surface area contributed by atoms with Gasteiger partial charge in [-0.2, -0.15) is 5.10 Å². The van der Waals surface area contributed by atoms with Crippen LogP contribution in [0.5, 0.6) is 5.75 Å². The summed E-state index contributed by atoms with van der Waals surface area (Å²) in [5.41, 5.74) is 5.41. The lowest BCUT2D eigenvalue weighted by molar-refractivity contribution is 0.0954.